The zero-order valence-electron chi connectivity index (χ0n) is 13.5. The van der Waals surface area contributed by atoms with E-state index in [2.05, 4.69) is 32.8 Å². The van der Waals surface area contributed by atoms with Gasteiger partial charge in [-0.2, -0.15) is 0 Å². The highest BCUT2D eigenvalue weighted by Gasteiger charge is 2.38. The third-order valence-electron chi connectivity index (χ3n) is 5.13. The molecule has 1 saturated heterocycles. The van der Waals surface area contributed by atoms with E-state index >= 15 is 0 Å². The molecule has 0 bridgehead atoms. The number of benzene rings is 1. The predicted molar refractivity (Wildman–Crippen MR) is 99.7 cm³/mol. The van der Waals surface area contributed by atoms with E-state index in [0.29, 0.717) is 0 Å². The number of nitrogens with one attached hydrogen (secondary N) is 1. The van der Waals surface area contributed by atoms with Crippen LogP contribution in [0.2, 0.25) is 0 Å². The van der Waals surface area contributed by atoms with Crippen molar-refractivity contribution < 1.29 is 9.53 Å². The molecule has 2 aliphatic rings. The Labute approximate surface area is 152 Å². The Morgan fingerprint density at radius 3 is 2.65 bits per heavy atom. The van der Waals surface area contributed by atoms with E-state index in [4.69, 9.17) is 4.74 Å². The third-order valence-corrected chi connectivity index (χ3v) is 5.80. The van der Waals surface area contributed by atoms with Crippen LogP contribution in [0.15, 0.2) is 24.3 Å². The van der Waals surface area contributed by atoms with Crippen molar-refractivity contribution in [1.82, 2.24) is 10.2 Å². The molecule has 0 unspecified atom stereocenters. The summed E-state index contributed by atoms with van der Waals surface area (Å²) in [5, 5.41) is 3.21. The quantitative estimate of drug-likeness (QED) is 0.750. The highest BCUT2D eigenvalue weighted by Crippen LogP contribution is 2.33. The molecule has 0 spiro atoms. The molecule has 4 nitrogen and oxygen atoms in total. The van der Waals surface area contributed by atoms with Crippen molar-refractivity contribution in [3.63, 3.8) is 0 Å². The van der Waals surface area contributed by atoms with Crippen molar-refractivity contribution in [2.75, 3.05) is 32.8 Å². The minimum atomic E-state index is 0.0433. The molecule has 126 valence electrons. The van der Waals surface area contributed by atoms with E-state index < -0.39 is 0 Å². The molecule has 23 heavy (non-hydrogen) atoms. The molecular formula is C18H25IN2O2. The Morgan fingerprint density at radius 2 is 1.96 bits per heavy atom. The van der Waals surface area contributed by atoms with Crippen molar-refractivity contribution in [3.8, 4) is 0 Å². The van der Waals surface area contributed by atoms with Gasteiger partial charge in [0.1, 0.15) is 0 Å². The van der Waals surface area contributed by atoms with Crippen molar-refractivity contribution in [2.45, 2.75) is 37.6 Å². The maximum Gasteiger partial charge on any atom is 0.251 e. The number of carbonyl (C=O) groups excluding carboxylic acids is 1. The molecule has 1 N–H and O–H groups in total. The van der Waals surface area contributed by atoms with E-state index in [-0.39, 0.29) is 11.4 Å². The minimum absolute atomic E-state index is 0.0433. The van der Waals surface area contributed by atoms with E-state index in [1.807, 2.05) is 24.3 Å². The van der Waals surface area contributed by atoms with E-state index in [1.165, 1.54) is 32.1 Å². The lowest BCUT2D eigenvalue weighted by molar-refractivity contribution is -0.0361. The Morgan fingerprint density at radius 1 is 1.22 bits per heavy atom. The molecule has 2 fully saturated rings. The molecule has 5 heteroatoms. The average molecular weight is 428 g/mol. The number of hydrogen-bond donors (Lipinski definition) is 1. The molecule has 1 saturated carbocycles. The monoisotopic (exact) mass is 428 g/mol. The van der Waals surface area contributed by atoms with Gasteiger partial charge in [0.05, 0.1) is 13.2 Å². The fraction of sp³-hybridized carbons (Fsp3) is 0.611. The summed E-state index contributed by atoms with van der Waals surface area (Å²) in [5.41, 5.74) is 0.879. The lowest BCUT2D eigenvalue weighted by Crippen LogP contribution is -2.59. The van der Waals surface area contributed by atoms with Gasteiger partial charge in [-0.25, -0.2) is 0 Å². The highest BCUT2D eigenvalue weighted by atomic mass is 127. The molecule has 0 atom stereocenters. The number of hydrogen-bond acceptors (Lipinski definition) is 3. The summed E-state index contributed by atoms with van der Waals surface area (Å²) < 4.78 is 6.61. The van der Waals surface area contributed by atoms with Gasteiger partial charge in [-0.05, 0) is 53.6 Å². The average Bonchev–Trinajstić information content (AvgIpc) is 2.61. The van der Waals surface area contributed by atoms with Crippen LogP contribution in [0.5, 0.6) is 0 Å². The van der Waals surface area contributed by atoms with Gasteiger partial charge >= 0.3 is 0 Å². The number of morpholine rings is 1. The summed E-state index contributed by atoms with van der Waals surface area (Å²) in [4.78, 5) is 15.1. The predicted octanol–water partition coefficient (Wildman–Crippen LogP) is 3.06. The summed E-state index contributed by atoms with van der Waals surface area (Å²) in [5.74, 6) is 0.0433. The molecule has 1 aromatic rings. The molecule has 1 heterocycles. The van der Waals surface area contributed by atoms with Crippen LogP contribution in [-0.4, -0.2) is 49.2 Å². The third kappa shape index (κ3) is 4.25. The summed E-state index contributed by atoms with van der Waals surface area (Å²) >= 11 is 2.25. The fourth-order valence-corrected chi connectivity index (χ4v) is 4.37. The maximum atomic E-state index is 12.5. The lowest BCUT2D eigenvalue weighted by atomic mass is 9.79. The van der Waals surface area contributed by atoms with E-state index in [1.54, 1.807) is 0 Å². The lowest BCUT2D eigenvalue weighted by Gasteiger charge is -2.48. The first-order chi connectivity index (χ1) is 11.2. The molecule has 1 amide bonds. The molecule has 0 aromatic heterocycles. The van der Waals surface area contributed by atoms with Gasteiger partial charge in [0.2, 0.25) is 0 Å². The van der Waals surface area contributed by atoms with Gasteiger partial charge < -0.3 is 10.1 Å². The van der Waals surface area contributed by atoms with Crippen molar-refractivity contribution >= 4 is 28.5 Å². The second-order valence-corrected chi connectivity index (χ2v) is 7.82. The number of nitrogens with zero attached hydrogens (tertiary/aromatic N) is 1. The Bertz CT molecular complexity index is 538. The first-order valence-electron chi connectivity index (χ1n) is 8.56. The van der Waals surface area contributed by atoms with E-state index in [0.717, 1.165) is 42.0 Å². The number of amides is 1. The molecule has 3 rings (SSSR count). The van der Waals surface area contributed by atoms with E-state index in [9.17, 15) is 4.79 Å². The van der Waals surface area contributed by atoms with Crippen LogP contribution in [0.3, 0.4) is 0 Å². The van der Waals surface area contributed by atoms with Crippen LogP contribution in [0.4, 0.5) is 0 Å². The van der Waals surface area contributed by atoms with Crippen LogP contribution in [0, 0.1) is 3.57 Å². The number of halogens is 1. The van der Waals surface area contributed by atoms with Gasteiger partial charge in [0.15, 0.2) is 0 Å². The minimum Gasteiger partial charge on any atom is -0.379 e. The van der Waals surface area contributed by atoms with Crippen LogP contribution < -0.4 is 5.32 Å². The highest BCUT2D eigenvalue weighted by molar-refractivity contribution is 14.1. The molecule has 1 aliphatic heterocycles. The Hall–Kier alpha value is -0.660. The van der Waals surface area contributed by atoms with Gasteiger partial charge in [-0.1, -0.05) is 25.3 Å². The van der Waals surface area contributed by atoms with Crippen LogP contribution >= 0.6 is 22.6 Å². The molecule has 1 aromatic carbocycles. The number of rotatable bonds is 4. The maximum absolute atomic E-state index is 12.5. The van der Waals surface area contributed by atoms with Crippen molar-refractivity contribution in [1.29, 1.82) is 0 Å². The second kappa shape index (κ2) is 7.94. The van der Waals surface area contributed by atoms with Crippen LogP contribution in [0.25, 0.3) is 0 Å². The van der Waals surface area contributed by atoms with Gasteiger partial charge in [-0.15, -0.1) is 0 Å². The Balaban J connectivity index is 1.67. The van der Waals surface area contributed by atoms with Crippen LogP contribution in [-0.2, 0) is 4.74 Å². The number of carbonyl (C=O) groups is 1. The fourth-order valence-electron chi connectivity index (χ4n) is 3.83. The largest absolute Gasteiger partial charge is 0.379 e. The summed E-state index contributed by atoms with van der Waals surface area (Å²) in [6.07, 6.45) is 6.20. The standard InChI is InChI=1S/C18H25IN2O2/c19-16-6-4-5-15(13-16)17(22)20-14-18(7-2-1-3-8-18)21-9-11-23-12-10-21/h4-6,13H,1-3,7-12,14H2,(H,20,22). The van der Waals surface area contributed by atoms with Gasteiger partial charge in [-0.3, -0.25) is 9.69 Å². The van der Waals surface area contributed by atoms with Crippen molar-refractivity contribution in [2.24, 2.45) is 0 Å². The zero-order valence-corrected chi connectivity index (χ0v) is 15.7. The smallest absolute Gasteiger partial charge is 0.251 e. The SMILES string of the molecule is O=C(NCC1(N2CCOCC2)CCCCC1)c1cccc(I)c1. The van der Waals surface area contributed by atoms with Crippen molar-refractivity contribution in [3.05, 3.63) is 33.4 Å². The summed E-state index contributed by atoms with van der Waals surface area (Å²) in [6, 6.07) is 7.78. The first kappa shape index (κ1) is 17.2. The van der Waals surface area contributed by atoms with Crippen LogP contribution in [0.1, 0.15) is 42.5 Å². The topological polar surface area (TPSA) is 41.6 Å². The Kier molecular flexibility index (Phi) is 5.93. The number of ether oxygens (including phenoxy) is 1. The molecule has 0 radical (unpaired) electrons. The second-order valence-electron chi connectivity index (χ2n) is 6.58. The molecular weight excluding hydrogens is 403 g/mol. The zero-order chi connectivity index (χ0) is 16.1. The van der Waals surface area contributed by atoms with Gasteiger partial charge in [0.25, 0.3) is 5.91 Å². The summed E-state index contributed by atoms with van der Waals surface area (Å²) in [6.45, 7) is 4.34. The summed E-state index contributed by atoms with van der Waals surface area (Å²) in [7, 11) is 0. The van der Waals surface area contributed by atoms with Gasteiger partial charge in [0, 0.05) is 34.3 Å². The molecule has 1 aliphatic carbocycles. The normalized spacial score (nSPS) is 21.8. The first-order valence-corrected chi connectivity index (χ1v) is 9.64.